The zero-order valence-corrected chi connectivity index (χ0v) is 17.8. The van der Waals surface area contributed by atoms with E-state index in [1.54, 1.807) is 48.5 Å². The van der Waals surface area contributed by atoms with E-state index < -0.39 is 29.1 Å². The summed E-state index contributed by atoms with van der Waals surface area (Å²) in [5.74, 6) is -1.89. The van der Waals surface area contributed by atoms with Gasteiger partial charge in [0.25, 0.3) is 0 Å². The Kier molecular flexibility index (Phi) is 5.57. The summed E-state index contributed by atoms with van der Waals surface area (Å²) in [4.78, 5) is 26.7. The summed E-state index contributed by atoms with van der Waals surface area (Å²) in [6, 6.07) is 19.8. The molecule has 0 atom stereocenters. The van der Waals surface area contributed by atoms with E-state index >= 15 is 0 Å². The second-order valence-electron chi connectivity index (χ2n) is 7.44. The lowest BCUT2D eigenvalue weighted by Crippen LogP contribution is -2.45. The van der Waals surface area contributed by atoms with Gasteiger partial charge < -0.3 is 9.47 Å². The van der Waals surface area contributed by atoms with Crippen molar-refractivity contribution in [1.29, 1.82) is 0 Å². The molecular formula is C26H19F3O4. The maximum Gasteiger partial charge on any atom is 0.417 e. The van der Waals surface area contributed by atoms with E-state index in [0.717, 1.165) is 20.3 Å². The predicted molar refractivity (Wildman–Crippen MR) is 116 cm³/mol. The Balaban J connectivity index is 2.25. The number of ether oxygens (including phenoxy) is 2. The van der Waals surface area contributed by atoms with Crippen molar-refractivity contribution in [2.24, 2.45) is 0 Å². The summed E-state index contributed by atoms with van der Waals surface area (Å²) in [6.07, 6.45) is -4.66. The average molecular weight is 452 g/mol. The zero-order chi connectivity index (χ0) is 23.8. The van der Waals surface area contributed by atoms with Crippen LogP contribution in [0.3, 0.4) is 0 Å². The molecule has 0 saturated carbocycles. The minimum atomic E-state index is -4.66. The maximum absolute atomic E-state index is 14.0. The van der Waals surface area contributed by atoms with Gasteiger partial charge in [0, 0.05) is 5.57 Å². The van der Waals surface area contributed by atoms with Gasteiger partial charge in [-0.05, 0) is 33.9 Å². The highest BCUT2D eigenvalue weighted by atomic mass is 19.4. The topological polar surface area (TPSA) is 52.6 Å². The lowest BCUT2D eigenvalue weighted by molar-refractivity contribution is -0.158. The highest BCUT2D eigenvalue weighted by Gasteiger charge is 2.59. The van der Waals surface area contributed by atoms with Crippen LogP contribution in [0.5, 0.6) is 0 Å². The summed E-state index contributed by atoms with van der Waals surface area (Å²) in [5.41, 5.74) is -2.00. The molecule has 0 spiro atoms. The minimum Gasteiger partial charge on any atom is -0.468 e. The monoisotopic (exact) mass is 452 g/mol. The van der Waals surface area contributed by atoms with Crippen molar-refractivity contribution in [2.75, 3.05) is 14.2 Å². The Morgan fingerprint density at radius 3 is 1.82 bits per heavy atom. The maximum atomic E-state index is 14.0. The van der Waals surface area contributed by atoms with Gasteiger partial charge in [0.1, 0.15) is 0 Å². The van der Waals surface area contributed by atoms with E-state index in [1.165, 1.54) is 24.3 Å². The third-order valence-electron chi connectivity index (χ3n) is 5.77. The fraction of sp³-hybridized carbons (Fsp3) is 0.154. The summed E-state index contributed by atoms with van der Waals surface area (Å²) in [6.45, 7) is 0. The van der Waals surface area contributed by atoms with E-state index in [-0.39, 0.29) is 22.3 Å². The zero-order valence-electron chi connectivity index (χ0n) is 17.8. The van der Waals surface area contributed by atoms with Gasteiger partial charge in [0.15, 0.2) is 0 Å². The van der Waals surface area contributed by atoms with Crippen LogP contribution >= 0.6 is 0 Å². The molecule has 0 aromatic heterocycles. The highest BCUT2D eigenvalue weighted by molar-refractivity contribution is 6.27. The quantitative estimate of drug-likeness (QED) is 0.400. The van der Waals surface area contributed by atoms with Crippen LogP contribution in [0, 0.1) is 0 Å². The van der Waals surface area contributed by atoms with Crippen LogP contribution in [-0.4, -0.2) is 26.2 Å². The highest BCUT2D eigenvalue weighted by Crippen LogP contribution is 2.55. The Morgan fingerprint density at radius 2 is 1.24 bits per heavy atom. The molecule has 1 aliphatic rings. The first kappa shape index (κ1) is 22.3. The number of esters is 2. The van der Waals surface area contributed by atoms with Crippen LogP contribution in [0.25, 0.3) is 11.1 Å². The van der Waals surface area contributed by atoms with Crippen molar-refractivity contribution in [3.63, 3.8) is 0 Å². The number of alkyl halides is 3. The molecule has 0 aliphatic heterocycles. The Hall–Kier alpha value is -3.87. The molecule has 0 bridgehead atoms. The van der Waals surface area contributed by atoms with Crippen molar-refractivity contribution >= 4 is 23.1 Å². The molecule has 4 rings (SSSR count). The van der Waals surface area contributed by atoms with E-state index in [2.05, 4.69) is 0 Å². The van der Waals surface area contributed by atoms with Crippen molar-refractivity contribution in [3.05, 3.63) is 107 Å². The number of rotatable bonds is 4. The van der Waals surface area contributed by atoms with Crippen LogP contribution < -0.4 is 0 Å². The summed E-state index contributed by atoms with van der Waals surface area (Å²) >= 11 is 0. The molecular weight excluding hydrogens is 433 g/mol. The van der Waals surface area contributed by atoms with Crippen molar-refractivity contribution in [2.45, 2.75) is 11.6 Å². The van der Waals surface area contributed by atoms with Crippen LogP contribution in [-0.2, 0) is 30.7 Å². The fourth-order valence-electron chi connectivity index (χ4n) is 4.49. The van der Waals surface area contributed by atoms with Crippen molar-refractivity contribution in [1.82, 2.24) is 0 Å². The van der Waals surface area contributed by atoms with Crippen LogP contribution in [0.15, 0.2) is 78.9 Å². The van der Waals surface area contributed by atoms with Gasteiger partial charge in [-0.2, -0.15) is 13.2 Å². The second kappa shape index (κ2) is 8.24. The Morgan fingerprint density at radius 1 is 0.727 bits per heavy atom. The van der Waals surface area contributed by atoms with Crippen LogP contribution in [0.1, 0.15) is 27.8 Å². The van der Waals surface area contributed by atoms with Gasteiger partial charge in [-0.15, -0.1) is 0 Å². The van der Waals surface area contributed by atoms with Gasteiger partial charge in [-0.25, -0.2) is 0 Å². The average Bonchev–Trinajstić information content (AvgIpc) is 3.15. The minimum absolute atomic E-state index is 0.0831. The number of carbonyl (C=O) groups excluding carboxylic acids is 2. The van der Waals surface area contributed by atoms with Crippen molar-refractivity contribution < 1.29 is 32.2 Å². The van der Waals surface area contributed by atoms with E-state index in [0.29, 0.717) is 11.1 Å². The Bertz CT molecular complexity index is 1240. The normalized spacial score (nSPS) is 14.6. The molecule has 0 N–H and O–H groups in total. The Labute approximate surface area is 188 Å². The van der Waals surface area contributed by atoms with Crippen molar-refractivity contribution in [3.8, 4) is 0 Å². The fourth-order valence-corrected chi connectivity index (χ4v) is 4.49. The molecule has 4 nitrogen and oxygen atoms in total. The van der Waals surface area contributed by atoms with E-state index in [4.69, 9.17) is 9.47 Å². The smallest absolute Gasteiger partial charge is 0.417 e. The molecule has 3 aromatic carbocycles. The number of methoxy groups -OCH3 is 2. The molecule has 7 heteroatoms. The second-order valence-corrected chi connectivity index (χ2v) is 7.44. The lowest BCUT2D eigenvalue weighted by atomic mass is 9.74. The molecule has 33 heavy (non-hydrogen) atoms. The number of halogens is 3. The van der Waals surface area contributed by atoms with E-state index in [9.17, 15) is 22.8 Å². The molecule has 3 aromatic rings. The number of hydrogen-bond acceptors (Lipinski definition) is 4. The molecule has 0 fully saturated rings. The van der Waals surface area contributed by atoms with Crippen LogP contribution in [0.2, 0.25) is 0 Å². The number of fused-ring (bicyclic) bond motifs is 1. The first-order chi connectivity index (χ1) is 15.8. The van der Waals surface area contributed by atoms with Gasteiger partial charge in [-0.3, -0.25) is 9.59 Å². The van der Waals surface area contributed by atoms with Gasteiger partial charge in [0.05, 0.1) is 19.8 Å². The first-order valence-electron chi connectivity index (χ1n) is 10.0. The standard InChI is InChI=1S/C26H19F3O4/c1-32-23(30)25(24(31)33-2)19-14-8-6-12-17(19)21(22(25)16-10-4-3-5-11-16)18-13-7-9-15-20(18)26(27,28)29/h3-15H,1-2H3. The molecule has 1 aliphatic carbocycles. The first-order valence-corrected chi connectivity index (χ1v) is 10.0. The number of hydrogen-bond donors (Lipinski definition) is 0. The third kappa shape index (κ3) is 3.31. The molecule has 0 unspecified atom stereocenters. The molecule has 0 heterocycles. The molecule has 0 amide bonds. The van der Waals surface area contributed by atoms with Gasteiger partial charge in [0.2, 0.25) is 5.41 Å². The molecule has 0 radical (unpaired) electrons. The number of benzene rings is 3. The summed E-state index contributed by atoms with van der Waals surface area (Å²) in [7, 11) is 2.25. The summed E-state index contributed by atoms with van der Waals surface area (Å²) < 4.78 is 52.2. The predicted octanol–water partition coefficient (Wildman–Crippen LogP) is 5.26. The lowest BCUT2D eigenvalue weighted by Gasteiger charge is -2.28. The van der Waals surface area contributed by atoms with Crippen LogP contribution in [0.4, 0.5) is 13.2 Å². The number of carbonyl (C=O) groups is 2. The summed E-state index contributed by atoms with van der Waals surface area (Å²) in [5, 5.41) is 0. The SMILES string of the molecule is COC(=O)C1(C(=O)OC)C(c2ccccc2)=C(c2ccccc2C(F)(F)F)c2ccccc21. The molecule has 168 valence electrons. The van der Waals surface area contributed by atoms with Gasteiger partial charge in [-0.1, -0.05) is 72.8 Å². The van der Waals surface area contributed by atoms with E-state index in [1.807, 2.05) is 0 Å². The largest absolute Gasteiger partial charge is 0.468 e. The van der Waals surface area contributed by atoms with Gasteiger partial charge >= 0.3 is 18.1 Å². The molecule has 0 saturated heterocycles. The third-order valence-corrected chi connectivity index (χ3v) is 5.77.